The summed E-state index contributed by atoms with van der Waals surface area (Å²) in [5, 5.41) is 3.03. The summed E-state index contributed by atoms with van der Waals surface area (Å²) in [7, 11) is 2.13. The van der Waals surface area contributed by atoms with E-state index in [0.717, 1.165) is 51.1 Å². The van der Waals surface area contributed by atoms with Gasteiger partial charge in [-0.2, -0.15) is 0 Å². The maximum absolute atomic E-state index is 13.7. The molecular weight excluding hydrogens is 483 g/mol. The van der Waals surface area contributed by atoms with Crippen LogP contribution in [0.25, 0.3) is 0 Å². The molecule has 206 valence electrons. The number of hydrogen-bond donors (Lipinski definition) is 1. The number of anilines is 1. The number of benzene rings is 1. The molecule has 0 saturated carbocycles. The molecule has 1 atom stereocenters. The molecule has 1 aromatic rings. The summed E-state index contributed by atoms with van der Waals surface area (Å²) in [6.07, 6.45) is 12.5. The lowest BCUT2D eigenvalue weighted by atomic mass is 9.95. The highest BCUT2D eigenvalue weighted by Crippen LogP contribution is 2.29. The Morgan fingerprint density at radius 1 is 1.24 bits per heavy atom. The third-order valence-electron chi connectivity index (χ3n) is 7.55. The second-order valence-corrected chi connectivity index (χ2v) is 11.7. The SMILES string of the molecule is C/C=C(/CN1CCCC1)SCC1=CCC(N(CCN(C)CCCC)C(=O)Nc2ccc(F)c(C)c2)CC1. The van der Waals surface area contributed by atoms with Crippen LogP contribution in [0.1, 0.15) is 64.4 Å². The van der Waals surface area contributed by atoms with Crippen molar-refractivity contribution >= 4 is 23.5 Å². The Balaban J connectivity index is 1.59. The molecule has 2 amide bonds. The van der Waals surface area contributed by atoms with Gasteiger partial charge in [0.05, 0.1) is 0 Å². The van der Waals surface area contributed by atoms with Crippen molar-refractivity contribution < 1.29 is 9.18 Å². The number of carbonyl (C=O) groups is 1. The van der Waals surface area contributed by atoms with Gasteiger partial charge in [-0.05, 0) is 108 Å². The van der Waals surface area contributed by atoms with Crippen LogP contribution in [0.2, 0.25) is 0 Å². The summed E-state index contributed by atoms with van der Waals surface area (Å²) in [5.74, 6) is 0.790. The van der Waals surface area contributed by atoms with Crippen molar-refractivity contribution in [1.82, 2.24) is 14.7 Å². The predicted octanol–water partition coefficient (Wildman–Crippen LogP) is 6.91. The van der Waals surface area contributed by atoms with Crippen molar-refractivity contribution in [1.29, 1.82) is 0 Å². The van der Waals surface area contributed by atoms with E-state index in [0.29, 0.717) is 17.8 Å². The third kappa shape index (κ3) is 9.77. The monoisotopic (exact) mass is 530 g/mol. The Hall–Kier alpha value is -1.83. The summed E-state index contributed by atoms with van der Waals surface area (Å²) >= 11 is 1.98. The van der Waals surface area contributed by atoms with Crippen LogP contribution in [0.5, 0.6) is 0 Å². The number of halogens is 1. The molecule has 1 aromatic carbocycles. The van der Waals surface area contributed by atoms with Gasteiger partial charge < -0.3 is 15.1 Å². The highest BCUT2D eigenvalue weighted by atomic mass is 32.2. The molecule has 0 aromatic heterocycles. The first kappa shape index (κ1) is 29.7. The van der Waals surface area contributed by atoms with Gasteiger partial charge in [-0.15, -0.1) is 11.8 Å². The van der Waals surface area contributed by atoms with Gasteiger partial charge in [0.25, 0.3) is 0 Å². The smallest absolute Gasteiger partial charge is 0.320 e. The van der Waals surface area contributed by atoms with Crippen LogP contribution >= 0.6 is 11.8 Å². The maximum Gasteiger partial charge on any atom is 0.322 e. The maximum atomic E-state index is 13.7. The van der Waals surface area contributed by atoms with E-state index >= 15 is 0 Å². The topological polar surface area (TPSA) is 38.8 Å². The molecule has 2 aliphatic rings. The molecule has 0 bridgehead atoms. The number of carbonyl (C=O) groups excluding carboxylic acids is 1. The minimum absolute atomic E-state index is 0.0899. The van der Waals surface area contributed by atoms with E-state index in [2.05, 4.69) is 48.2 Å². The number of thioether (sulfide) groups is 1. The zero-order chi connectivity index (χ0) is 26.6. The van der Waals surface area contributed by atoms with Crippen LogP contribution in [0, 0.1) is 12.7 Å². The Bertz CT molecular complexity index is 928. The van der Waals surface area contributed by atoms with Gasteiger partial charge in [0, 0.05) is 37.1 Å². The number of likely N-dealkylation sites (tertiary alicyclic amines) is 1. The Kier molecular flexibility index (Phi) is 12.5. The highest BCUT2D eigenvalue weighted by Gasteiger charge is 2.26. The van der Waals surface area contributed by atoms with Crippen molar-refractivity contribution in [2.45, 2.75) is 71.8 Å². The van der Waals surface area contributed by atoms with Crippen molar-refractivity contribution in [2.24, 2.45) is 0 Å². The molecule has 1 heterocycles. The van der Waals surface area contributed by atoms with Gasteiger partial charge in [0.1, 0.15) is 5.82 Å². The van der Waals surface area contributed by atoms with Crippen LogP contribution in [0.3, 0.4) is 0 Å². The van der Waals surface area contributed by atoms with Crippen LogP contribution in [-0.2, 0) is 0 Å². The van der Waals surface area contributed by atoms with E-state index < -0.39 is 0 Å². The minimum atomic E-state index is -0.253. The fourth-order valence-electron chi connectivity index (χ4n) is 5.04. The van der Waals surface area contributed by atoms with Crippen molar-refractivity contribution in [3.63, 3.8) is 0 Å². The second kappa shape index (κ2) is 15.6. The molecular formula is C30H47FN4OS. The first-order valence-electron chi connectivity index (χ1n) is 14.1. The summed E-state index contributed by atoms with van der Waals surface area (Å²) in [6.45, 7) is 12.2. The van der Waals surface area contributed by atoms with E-state index in [9.17, 15) is 9.18 Å². The number of amides is 2. The van der Waals surface area contributed by atoms with Crippen molar-refractivity contribution in [3.05, 3.63) is 52.2 Å². The molecule has 1 aliphatic carbocycles. The number of hydrogen-bond acceptors (Lipinski definition) is 4. The number of nitrogens with zero attached hydrogens (tertiary/aromatic N) is 3. The number of urea groups is 1. The Labute approximate surface area is 228 Å². The highest BCUT2D eigenvalue weighted by molar-refractivity contribution is 8.03. The van der Waals surface area contributed by atoms with Gasteiger partial charge in [0.2, 0.25) is 0 Å². The fourth-order valence-corrected chi connectivity index (χ4v) is 6.12. The van der Waals surface area contributed by atoms with Crippen molar-refractivity contribution in [2.75, 3.05) is 57.4 Å². The van der Waals surface area contributed by atoms with Crippen LogP contribution in [0.15, 0.2) is 40.8 Å². The number of likely N-dealkylation sites (N-methyl/N-ethyl adjacent to an activating group) is 1. The molecule has 1 aliphatic heterocycles. The molecule has 37 heavy (non-hydrogen) atoms. The molecule has 7 heteroatoms. The first-order valence-corrected chi connectivity index (χ1v) is 15.1. The van der Waals surface area contributed by atoms with E-state index in [1.807, 2.05) is 16.7 Å². The summed E-state index contributed by atoms with van der Waals surface area (Å²) < 4.78 is 13.7. The first-order chi connectivity index (χ1) is 17.9. The van der Waals surface area contributed by atoms with Gasteiger partial charge in [-0.25, -0.2) is 9.18 Å². The number of allylic oxidation sites excluding steroid dienone is 1. The molecule has 0 spiro atoms. The average molecular weight is 531 g/mol. The van der Waals surface area contributed by atoms with Crippen molar-refractivity contribution in [3.8, 4) is 0 Å². The lowest BCUT2D eigenvalue weighted by Crippen LogP contribution is -2.47. The van der Waals surface area contributed by atoms with Gasteiger partial charge in [-0.1, -0.05) is 31.1 Å². The quantitative estimate of drug-likeness (QED) is 0.281. The van der Waals surface area contributed by atoms with Crippen LogP contribution in [0.4, 0.5) is 14.9 Å². The standard InChI is InChI=1S/C30H47FN4OS/c1-5-7-16-33(4)19-20-35(30(36)32-26-12-15-29(31)24(3)21-26)27-13-10-25(11-14-27)23-37-28(6-2)22-34-17-8-9-18-34/h6,10,12,15,21,27H,5,7-9,11,13-14,16-20,22-23H2,1-4H3,(H,32,36)/b28-6-. The van der Waals surface area contributed by atoms with Gasteiger partial charge in [0.15, 0.2) is 0 Å². The van der Waals surface area contributed by atoms with E-state index in [4.69, 9.17) is 0 Å². The average Bonchev–Trinajstić information content (AvgIpc) is 3.41. The van der Waals surface area contributed by atoms with Crippen LogP contribution in [-0.4, -0.2) is 78.8 Å². The zero-order valence-electron chi connectivity index (χ0n) is 23.4. The van der Waals surface area contributed by atoms with Crippen LogP contribution < -0.4 is 5.32 Å². The lowest BCUT2D eigenvalue weighted by molar-refractivity contribution is 0.169. The molecule has 1 unspecified atom stereocenters. The minimum Gasteiger partial charge on any atom is -0.320 e. The molecule has 5 nitrogen and oxygen atoms in total. The molecule has 3 rings (SSSR count). The number of aryl methyl sites for hydroxylation is 1. The predicted molar refractivity (Wildman–Crippen MR) is 157 cm³/mol. The molecule has 0 radical (unpaired) electrons. The van der Waals surface area contributed by atoms with Gasteiger partial charge >= 0.3 is 6.03 Å². The molecule has 1 saturated heterocycles. The molecule has 1 fully saturated rings. The van der Waals surface area contributed by atoms with E-state index in [1.165, 1.54) is 48.9 Å². The number of nitrogens with one attached hydrogen (secondary N) is 1. The summed E-state index contributed by atoms with van der Waals surface area (Å²) in [4.78, 5) is 21.7. The third-order valence-corrected chi connectivity index (χ3v) is 8.80. The number of unbranched alkanes of at least 4 members (excludes halogenated alkanes) is 1. The number of rotatable bonds is 13. The summed E-state index contributed by atoms with van der Waals surface area (Å²) in [5.41, 5.74) is 2.68. The summed E-state index contributed by atoms with van der Waals surface area (Å²) in [6, 6.07) is 4.86. The lowest BCUT2D eigenvalue weighted by Gasteiger charge is -2.35. The second-order valence-electron chi connectivity index (χ2n) is 10.6. The Morgan fingerprint density at radius 3 is 2.68 bits per heavy atom. The van der Waals surface area contributed by atoms with E-state index in [1.54, 1.807) is 19.1 Å². The fraction of sp³-hybridized carbons (Fsp3) is 0.633. The van der Waals surface area contributed by atoms with Gasteiger partial charge in [-0.3, -0.25) is 4.90 Å². The Morgan fingerprint density at radius 2 is 2.03 bits per heavy atom. The zero-order valence-corrected chi connectivity index (χ0v) is 24.2. The largest absolute Gasteiger partial charge is 0.322 e. The van der Waals surface area contributed by atoms with E-state index in [-0.39, 0.29) is 17.9 Å². The molecule has 1 N–H and O–H groups in total. The normalized spacial score (nSPS) is 18.8.